The molecule has 0 fully saturated rings. The molecule has 0 atom stereocenters. The van der Waals surface area contributed by atoms with Gasteiger partial charge < -0.3 is 10.1 Å². The van der Waals surface area contributed by atoms with Crippen LogP contribution >= 0.6 is 0 Å². The second kappa shape index (κ2) is 9.23. The van der Waals surface area contributed by atoms with Crippen molar-refractivity contribution in [3.05, 3.63) is 90.0 Å². The smallest absolute Gasteiger partial charge is 0.338 e. The van der Waals surface area contributed by atoms with Crippen molar-refractivity contribution >= 4 is 28.9 Å². The van der Waals surface area contributed by atoms with E-state index in [0.717, 1.165) is 11.3 Å². The molecule has 0 heterocycles. The van der Waals surface area contributed by atoms with Crippen LogP contribution in [0, 0.1) is 6.92 Å². The number of hydrogen-bond donors (Lipinski definition) is 1. The number of benzene rings is 3. The van der Waals surface area contributed by atoms with Crippen molar-refractivity contribution in [3.8, 4) is 0 Å². The van der Waals surface area contributed by atoms with Crippen LogP contribution in [0.5, 0.6) is 0 Å². The number of anilines is 1. The molecular formula is C22H19N3O3. The van der Waals surface area contributed by atoms with Crippen molar-refractivity contribution in [2.45, 2.75) is 6.92 Å². The molecule has 0 aliphatic rings. The van der Waals surface area contributed by atoms with Crippen molar-refractivity contribution in [2.24, 2.45) is 10.2 Å². The number of aryl methyl sites for hydroxylation is 1. The number of carbonyl (C=O) groups is 2. The lowest BCUT2D eigenvalue weighted by Crippen LogP contribution is -2.20. The lowest BCUT2D eigenvalue weighted by molar-refractivity contribution is -0.119. The van der Waals surface area contributed by atoms with E-state index in [1.54, 1.807) is 36.4 Å². The summed E-state index contributed by atoms with van der Waals surface area (Å²) in [5.74, 6) is -0.953. The Kier molecular flexibility index (Phi) is 6.25. The van der Waals surface area contributed by atoms with E-state index < -0.39 is 11.9 Å². The van der Waals surface area contributed by atoms with Crippen LogP contribution < -0.4 is 5.32 Å². The van der Waals surface area contributed by atoms with Gasteiger partial charge in [-0.1, -0.05) is 35.9 Å². The zero-order valence-electron chi connectivity index (χ0n) is 15.3. The molecule has 1 N–H and O–H groups in total. The molecular weight excluding hydrogens is 354 g/mol. The van der Waals surface area contributed by atoms with E-state index >= 15 is 0 Å². The summed E-state index contributed by atoms with van der Waals surface area (Å²) >= 11 is 0. The van der Waals surface area contributed by atoms with Gasteiger partial charge in [-0.25, -0.2) is 4.79 Å². The number of rotatable bonds is 6. The fourth-order valence-electron chi connectivity index (χ4n) is 2.32. The summed E-state index contributed by atoms with van der Waals surface area (Å²) in [6.07, 6.45) is 0. The Balaban J connectivity index is 1.49. The van der Waals surface area contributed by atoms with Crippen LogP contribution in [-0.2, 0) is 9.53 Å². The molecule has 0 radical (unpaired) electrons. The van der Waals surface area contributed by atoms with Gasteiger partial charge in [-0.2, -0.15) is 10.2 Å². The van der Waals surface area contributed by atoms with Gasteiger partial charge in [0.1, 0.15) is 0 Å². The maximum Gasteiger partial charge on any atom is 0.338 e. The summed E-state index contributed by atoms with van der Waals surface area (Å²) in [5.41, 5.74) is 3.45. The minimum absolute atomic E-state index is 0.359. The molecule has 3 aromatic carbocycles. The van der Waals surface area contributed by atoms with Gasteiger partial charge in [0, 0.05) is 5.69 Å². The van der Waals surface area contributed by atoms with Crippen LogP contribution in [0.3, 0.4) is 0 Å². The van der Waals surface area contributed by atoms with Gasteiger partial charge in [0.25, 0.3) is 5.91 Å². The summed E-state index contributed by atoms with van der Waals surface area (Å²) in [7, 11) is 0. The highest BCUT2D eigenvalue weighted by Gasteiger charge is 2.10. The van der Waals surface area contributed by atoms with E-state index in [1.807, 2.05) is 49.4 Å². The van der Waals surface area contributed by atoms with E-state index in [-0.39, 0.29) is 6.61 Å². The molecule has 6 nitrogen and oxygen atoms in total. The van der Waals surface area contributed by atoms with Crippen molar-refractivity contribution in [1.29, 1.82) is 0 Å². The fourth-order valence-corrected chi connectivity index (χ4v) is 2.32. The van der Waals surface area contributed by atoms with Crippen LogP contribution in [-0.4, -0.2) is 18.5 Å². The van der Waals surface area contributed by atoms with Crippen LogP contribution in [0.2, 0.25) is 0 Å². The molecule has 1 amide bonds. The maximum absolute atomic E-state index is 12.0. The van der Waals surface area contributed by atoms with Gasteiger partial charge in [0.05, 0.1) is 16.9 Å². The Bertz CT molecular complexity index is 966. The number of carbonyl (C=O) groups excluding carboxylic acids is 2. The van der Waals surface area contributed by atoms with E-state index in [9.17, 15) is 9.59 Å². The largest absolute Gasteiger partial charge is 0.452 e. The summed E-state index contributed by atoms with van der Waals surface area (Å²) in [4.78, 5) is 23.9. The number of nitrogens with one attached hydrogen (secondary N) is 1. The van der Waals surface area contributed by atoms with Gasteiger partial charge >= 0.3 is 5.97 Å². The molecule has 140 valence electrons. The van der Waals surface area contributed by atoms with Gasteiger partial charge in [0.2, 0.25) is 0 Å². The Hall–Kier alpha value is -3.80. The molecule has 0 spiro atoms. The second-order valence-electron chi connectivity index (χ2n) is 6.07. The molecule has 0 unspecified atom stereocenters. The highest BCUT2D eigenvalue weighted by molar-refractivity contribution is 5.95. The Morgan fingerprint density at radius 3 is 2.07 bits per heavy atom. The lowest BCUT2D eigenvalue weighted by Gasteiger charge is -2.07. The van der Waals surface area contributed by atoms with Gasteiger partial charge in [-0.05, 0) is 55.5 Å². The normalized spacial score (nSPS) is 10.6. The van der Waals surface area contributed by atoms with Crippen molar-refractivity contribution in [2.75, 3.05) is 11.9 Å². The number of amides is 1. The van der Waals surface area contributed by atoms with Crippen molar-refractivity contribution < 1.29 is 14.3 Å². The molecule has 0 bridgehead atoms. The third-order valence-electron chi connectivity index (χ3n) is 3.81. The molecule has 0 aliphatic heterocycles. The molecule has 3 aromatic rings. The first-order valence-electron chi connectivity index (χ1n) is 8.71. The highest BCUT2D eigenvalue weighted by Crippen LogP contribution is 2.20. The number of nitrogens with zero attached hydrogens (tertiary/aromatic N) is 2. The molecule has 0 saturated heterocycles. The van der Waals surface area contributed by atoms with Gasteiger partial charge in [-0.15, -0.1) is 0 Å². The van der Waals surface area contributed by atoms with E-state index in [2.05, 4.69) is 15.5 Å². The number of esters is 1. The Morgan fingerprint density at radius 2 is 1.43 bits per heavy atom. The average Bonchev–Trinajstić information content (AvgIpc) is 2.73. The Morgan fingerprint density at radius 1 is 0.821 bits per heavy atom. The molecule has 3 rings (SSSR count). The molecule has 28 heavy (non-hydrogen) atoms. The van der Waals surface area contributed by atoms with Crippen LogP contribution in [0.25, 0.3) is 0 Å². The van der Waals surface area contributed by atoms with E-state index in [0.29, 0.717) is 16.9 Å². The van der Waals surface area contributed by atoms with Gasteiger partial charge in [-0.3, -0.25) is 4.79 Å². The minimum Gasteiger partial charge on any atom is -0.452 e. The van der Waals surface area contributed by atoms with Crippen molar-refractivity contribution in [3.63, 3.8) is 0 Å². The summed E-state index contributed by atoms with van der Waals surface area (Å²) < 4.78 is 5.03. The maximum atomic E-state index is 12.0. The molecule has 6 heteroatoms. The standard InChI is InChI=1S/C22H19N3O3/c1-16-7-9-17(10-8-16)22(27)28-15-21(26)23-18-11-13-20(14-12-18)25-24-19-5-3-2-4-6-19/h2-14H,15H2,1H3,(H,23,26). The zero-order valence-corrected chi connectivity index (χ0v) is 15.3. The zero-order chi connectivity index (χ0) is 19.8. The van der Waals surface area contributed by atoms with E-state index in [4.69, 9.17) is 4.74 Å². The summed E-state index contributed by atoms with van der Waals surface area (Å²) in [6, 6.07) is 23.2. The first-order chi connectivity index (χ1) is 13.6. The second-order valence-corrected chi connectivity index (χ2v) is 6.07. The quantitative estimate of drug-likeness (QED) is 0.476. The number of azo groups is 1. The fraction of sp³-hybridized carbons (Fsp3) is 0.0909. The minimum atomic E-state index is -0.535. The molecule has 0 saturated carbocycles. The number of hydrogen-bond acceptors (Lipinski definition) is 5. The SMILES string of the molecule is Cc1ccc(C(=O)OCC(=O)Nc2ccc(N=Nc3ccccc3)cc2)cc1. The number of ether oxygens (including phenoxy) is 1. The predicted molar refractivity (Wildman–Crippen MR) is 107 cm³/mol. The Labute approximate surface area is 162 Å². The molecule has 0 aliphatic carbocycles. The van der Waals surface area contributed by atoms with Crippen molar-refractivity contribution in [1.82, 2.24) is 0 Å². The van der Waals surface area contributed by atoms with Crippen LogP contribution in [0.15, 0.2) is 89.1 Å². The monoisotopic (exact) mass is 373 g/mol. The van der Waals surface area contributed by atoms with Gasteiger partial charge in [0.15, 0.2) is 6.61 Å². The predicted octanol–water partition coefficient (Wildman–Crippen LogP) is 5.21. The third-order valence-corrected chi connectivity index (χ3v) is 3.81. The lowest BCUT2D eigenvalue weighted by atomic mass is 10.1. The van der Waals surface area contributed by atoms with Crippen LogP contribution in [0.1, 0.15) is 15.9 Å². The summed E-state index contributed by atoms with van der Waals surface area (Å²) in [6.45, 7) is 1.57. The van der Waals surface area contributed by atoms with Crippen LogP contribution in [0.4, 0.5) is 17.1 Å². The molecule has 0 aromatic heterocycles. The average molecular weight is 373 g/mol. The first kappa shape index (κ1) is 19.0. The first-order valence-corrected chi connectivity index (χ1v) is 8.71. The third kappa shape index (κ3) is 5.60. The highest BCUT2D eigenvalue weighted by atomic mass is 16.5. The topological polar surface area (TPSA) is 80.1 Å². The summed E-state index contributed by atoms with van der Waals surface area (Å²) in [5, 5.41) is 10.9. The van der Waals surface area contributed by atoms with E-state index in [1.165, 1.54) is 0 Å².